The quantitative estimate of drug-likeness (QED) is 0.804. The van der Waals surface area contributed by atoms with Crippen molar-refractivity contribution in [2.45, 2.75) is 38.3 Å². The number of hydrogen-bond donors (Lipinski definition) is 0. The molecular weight excluding hydrogens is 246 g/mol. The molecule has 1 saturated heterocycles. The summed E-state index contributed by atoms with van der Waals surface area (Å²) in [5, 5.41) is 2.07. The molecule has 2 nitrogen and oxygen atoms in total. The van der Waals surface area contributed by atoms with E-state index in [1.165, 1.54) is 36.6 Å². The Labute approximate surface area is 112 Å². The molecule has 0 bridgehead atoms. The molecule has 2 heterocycles. The van der Waals surface area contributed by atoms with Gasteiger partial charge in [-0.25, -0.2) is 0 Å². The molecule has 3 rings (SSSR count). The van der Waals surface area contributed by atoms with Crippen molar-refractivity contribution in [3.63, 3.8) is 0 Å². The molecular formula is C15H18ClNO. The second-order valence-electron chi connectivity index (χ2n) is 4.99. The molecule has 18 heavy (non-hydrogen) atoms. The van der Waals surface area contributed by atoms with Gasteiger partial charge in [-0.1, -0.05) is 17.7 Å². The molecule has 3 heteroatoms. The van der Waals surface area contributed by atoms with Gasteiger partial charge in [-0.05, 0) is 49.3 Å². The van der Waals surface area contributed by atoms with Crippen molar-refractivity contribution in [3.05, 3.63) is 35.5 Å². The summed E-state index contributed by atoms with van der Waals surface area (Å²) in [5.74, 6) is 0. The zero-order valence-electron chi connectivity index (χ0n) is 10.4. The Hall–Kier alpha value is -0.990. The second-order valence-corrected chi connectivity index (χ2v) is 5.43. The molecule has 1 aliphatic rings. The van der Waals surface area contributed by atoms with Crippen LogP contribution in [0.15, 0.2) is 30.5 Å². The molecule has 0 N–H and O–H groups in total. The number of nitrogens with zero attached hydrogens (tertiary/aromatic N) is 1. The maximum Gasteiger partial charge on any atom is 0.0576 e. The van der Waals surface area contributed by atoms with Crippen molar-refractivity contribution in [3.8, 4) is 0 Å². The van der Waals surface area contributed by atoms with E-state index in [0.29, 0.717) is 6.10 Å². The van der Waals surface area contributed by atoms with Gasteiger partial charge in [0, 0.05) is 29.9 Å². The van der Waals surface area contributed by atoms with Crippen LogP contribution in [0.3, 0.4) is 0 Å². The highest BCUT2D eigenvalue weighted by molar-refractivity contribution is 6.31. The smallest absolute Gasteiger partial charge is 0.0576 e. The molecule has 0 saturated carbocycles. The van der Waals surface area contributed by atoms with Gasteiger partial charge < -0.3 is 9.30 Å². The lowest BCUT2D eigenvalue weighted by Crippen LogP contribution is -2.06. The lowest BCUT2D eigenvalue weighted by Gasteiger charge is -2.10. The van der Waals surface area contributed by atoms with Crippen molar-refractivity contribution in [2.75, 3.05) is 6.61 Å². The predicted molar refractivity (Wildman–Crippen MR) is 75.2 cm³/mol. The highest BCUT2D eigenvalue weighted by Crippen LogP contribution is 2.22. The van der Waals surface area contributed by atoms with Gasteiger partial charge in [-0.15, -0.1) is 0 Å². The maximum absolute atomic E-state index is 6.05. The molecule has 1 aromatic carbocycles. The zero-order valence-corrected chi connectivity index (χ0v) is 11.2. The topological polar surface area (TPSA) is 14.2 Å². The maximum atomic E-state index is 6.05. The first-order valence-electron chi connectivity index (χ1n) is 6.69. The van der Waals surface area contributed by atoms with Crippen molar-refractivity contribution in [2.24, 2.45) is 0 Å². The van der Waals surface area contributed by atoms with Crippen LogP contribution in [0, 0.1) is 0 Å². The Morgan fingerprint density at radius 2 is 2.28 bits per heavy atom. The average Bonchev–Trinajstić information content (AvgIpc) is 2.99. The number of hydrogen-bond acceptors (Lipinski definition) is 1. The fourth-order valence-corrected chi connectivity index (χ4v) is 2.88. The molecule has 1 atom stereocenters. The summed E-state index contributed by atoms with van der Waals surface area (Å²) in [4.78, 5) is 0. The zero-order chi connectivity index (χ0) is 12.4. The third-order valence-electron chi connectivity index (χ3n) is 3.69. The van der Waals surface area contributed by atoms with Crippen LogP contribution < -0.4 is 0 Å². The molecule has 1 aromatic heterocycles. The molecule has 0 amide bonds. The van der Waals surface area contributed by atoms with E-state index in [1.807, 2.05) is 12.1 Å². The van der Waals surface area contributed by atoms with Crippen LogP contribution in [0.4, 0.5) is 0 Å². The fraction of sp³-hybridized carbons (Fsp3) is 0.467. The number of aryl methyl sites for hydroxylation is 1. The number of aromatic nitrogens is 1. The Kier molecular flexibility index (Phi) is 3.57. The highest BCUT2D eigenvalue weighted by Gasteiger charge is 2.14. The lowest BCUT2D eigenvalue weighted by molar-refractivity contribution is 0.101. The van der Waals surface area contributed by atoms with Crippen LogP contribution in [0.5, 0.6) is 0 Å². The number of rotatable bonds is 4. The lowest BCUT2D eigenvalue weighted by atomic mass is 10.1. The van der Waals surface area contributed by atoms with Gasteiger partial charge in [0.05, 0.1) is 6.10 Å². The van der Waals surface area contributed by atoms with E-state index >= 15 is 0 Å². The molecule has 0 aliphatic carbocycles. The van der Waals surface area contributed by atoms with E-state index in [2.05, 4.69) is 22.9 Å². The van der Waals surface area contributed by atoms with E-state index in [-0.39, 0.29) is 0 Å². The molecule has 1 unspecified atom stereocenters. The minimum Gasteiger partial charge on any atom is -0.378 e. The summed E-state index contributed by atoms with van der Waals surface area (Å²) >= 11 is 6.05. The van der Waals surface area contributed by atoms with Gasteiger partial charge >= 0.3 is 0 Å². The standard InChI is InChI=1S/C15H18ClNO/c16-13-6-5-12-7-9-17(15(12)11-13)8-1-3-14-4-2-10-18-14/h5-7,9,11,14H,1-4,8,10H2. The third kappa shape index (κ3) is 2.55. The first-order valence-corrected chi connectivity index (χ1v) is 7.07. The summed E-state index contributed by atoms with van der Waals surface area (Å²) in [6.07, 6.45) is 7.44. The van der Waals surface area contributed by atoms with E-state index in [9.17, 15) is 0 Å². The van der Waals surface area contributed by atoms with E-state index in [1.54, 1.807) is 0 Å². The number of benzene rings is 1. The SMILES string of the molecule is Clc1ccc2ccn(CCCC3CCCO3)c2c1. The third-order valence-corrected chi connectivity index (χ3v) is 3.92. The highest BCUT2D eigenvalue weighted by atomic mass is 35.5. The van der Waals surface area contributed by atoms with Gasteiger partial charge in [-0.3, -0.25) is 0 Å². The van der Waals surface area contributed by atoms with Crippen LogP contribution in [-0.2, 0) is 11.3 Å². The van der Waals surface area contributed by atoms with E-state index in [4.69, 9.17) is 16.3 Å². The van der Waals surface area contributed by atoms with Crippen LogP contribution in [0.2, 0.25) is 5.02 Å². The second kappa shape index (κ2) is 5.33. The number of halogens is 1. The molecule has 2 aromatic rings. The normalized spacial score (nSPS) is 19.7. The first-order chi connectivity index (χ1) is 8.83. The van der Waals surface area contributed by atoms with Crippen molar-refractivity contribution >= 4 is 22.5 Å². The molecule has 0 spiro atoms. The van der Waals surface area contributed by atoms with Gasteiger partial charge in [0.1, 0.15) is 0 Å². The van der Waals surface area contributed by atoms with Crippen molar-refractivity contribution in [1.29, 1.82) is 0 Å². The van der Waals surface area contributed by atoms with Gasteiger partial charge in [0.15, 0.2) is 0 Å². The number of ether oxygens (including phenoxy) is 1. The van der Waals surface area contributed by atoms with Gasteiger partial charge in [0.2, 0.25) is 0 Å². The summed E-state index contributed by atoms with van der Waals surface area (Å²) in [6, 6.07) is 8.22. The fourth-order valence-electron chi connectivity index (χ4n) is 2.71. The summed E-state index contributed by atoms with van der Waals surface area (Å²) in [5.41, 5.74) is 1.23. The molecule has 1 aliphatic heterocycles. The van der Waals surface area contributed by atoms with Crippen LogP contribution in [0.25, 0.3) is 10.9 Å². The van der Waals surface area contributed by atoms with Crippen LogP contribution >= 0.6 is 11.6 Å². The minimum atomic E-state index is 0.496. The monoisotopic (exact) mass is 263 g/mol. The van der Waals surface area contributed by atoms with Gasteiger partial charge in [-0.2, -0.15) is 0 Å². The molecule has 1 fully saturated rings. The van der Waals surface area contributed by atoms with E-state index < -0.39 is 0 Å². The first kappa shape index (κ1) is 12.1. The Bertz CT molecular complexity index is 528. The number of fused-ring (bicyclic) bond motifs is 1. The van der Waals surface area contributed by atoms with Crippen LogP contribution in [0.1, 0.15) is 25.7 Å². The Balaban J connectivity index is 1.65. The predicted octanol–water partition coefficient (Wildman–Crippen LogP) is 4.25. The Morgan fingerprint density at radius 1 is 1.33 bits per heavy atom. The largest absolute Gasteiger partial charge is 0.378 e. The van der Waals surface area contributed by atoms with Crippen LogP contribution in [-0.4, -0.2) is 17.3 Å². The van der Waals surface area contributed by atoms with E-state index in [0.717, 1.165) is 18.2 Å². The summed E-state index contributed by atoms with van der Waals surface area (Å²) in [7, 11) is 0. The van der Waals surface area contributed by atoms with Gasteiger partial charge in [0.25, 0.3) is 0 Å². The Morgan fingerprint density at radius 3 is 3.11 bits per heavy atom. The molecule has 96 valence electrons. The summed E-state index contributed by atoms with van der Waals surface area (Å²) in [6.45, 7) is 2.00. The average molecular weight is 264 g/mol. The summed E-state index contributed by atoms with van der Waals surface area (Å²) < 4.78 is 7.94. The van der Waals surface area contributed by atoms with Crippen molar-refractivity contribution in [1.82, 2.24) is 4.57 Å². The van der Waals surface area contributed by atoms with Crippen molar-refractivity contribution < 1.29 is 4.74 Å². The molecule has 0 radical (unpaired) electrons. The minimum absolute atomic E-state index is 0.496.